The average molecular weight is 421 g/mol. The van der Waals surface area contributed by atoms with Gasteiger partial charge in [0.25, 0.3) is 5.91 Å². The number of ether oxygens (including phenoxy) is 1. The van der Waals surface area contributed by atoms with Crippen LogP contribution in [0, 0.1) is 0 Å². The van der Waals surface area contributed by atoms with Gasteiger partial charge in [-0.2, -0.15) is 5.10 Å². The van der Waals surface area contributed by atoms with Gasteiger partial charge >= 0.3 is 0 Å². The first-order valence-corrected chi connectivity index (χ1v) is 8.60. The Hall–Kier alpha value is -2.31. The first-order chi connectivity index (χ1) is 12.0. The van der Waals surface area contributed by atoms with E-state index < -0.39 is 0 Å². The van der Waals surface area contributed by atoms with Crippen LogP contribution in [0.25, 0.3) is 5.69 Å². The number of hydrogen-bond acceptors (Lipinski definition) is 3. The zero-order chi connectivity index (χ0) is 18.0. The molecule has 1 amide bonds. The van der Waals surface area contributed by atoms with Crippen molar-refractivity contribution in [1.82, 2.24) is 9.78 Å². The van der Waals surface area contributed by atoms with Gasteiger partial charge in [-0.15, -0.1) is 0 Å². The SMILES string of the molecule is COc1cn(-c2ccccc2)nc1C(=O)N(C)c1ccc(Br)cc1Cl. The van der Waals surface area contributed by atoms with Gasteiger partial charge in [0, 0.05) is 11.5 Å². The molecule has 0 unspecified atom stereocenters. The third kappa shape index (κ3) is 3.55. The molecule has 25 heavy (non-hydrogen) atoms. The van der Waals surface area contributed by atoms with Crippen molar-refractivity contribution in [2.75, 3.05) is 19.1 Å². The fraction of sp³-hybridized carbons (Fsp3) is 0.111. The number of para-hydroxylation sites is 1. The average Bonchev–Trinajstić information content (AvgIpc) is 3.05. The summed E-state index contributed by atoms with van der Waals surface area (Å²) < 4.78 is 7.79. The maximum absolute atomic E-state index is 12.9. The zero-order valence-electron chi connectivity index (χ0n) is 13.6. The summed E-state index contributed by atoms with van der Waals surface area (Å²) in [6.45, 7) is 0. The number of carbonyl (C=O) groups is 1. The summed E-state index contributed by atoms with van der Waals surface area (Å²) in [6, 6.07) is 14.8. The molecule has 128 valence electrons. The number of amides is 1. The van der Waals surface area contributed by atoms with Crippen LogP contribution >= 0.6 is 27.5 Å². The van der Waals surface area contributed by atoms with Crippen LogP contribution in [0.4, 0.5) is 5.69 Å². The van der Waals surface area contributed by atoms with Crippen LogP contribution in [0.5, 0.6) is 5.75 Å². The van der Waals surface area contributed by atoms with E-state index in [1.54, 1.807) is 30.1 Å². The van der Waals surface area contributed by atoms with Crippen molar-refractivity contribution < 1.29 is 9.53 Å². The van der Waals surface area contributed by atoms with Gasteiger partial charge in [-0.3, -0.25) is 4.79 Å². The lowest BCUT2D eigenvalue weighted by Gasteiger charge is -2.18. The zero-order valence-corrected chi connectivity index (χ0v) is 16.0. The molecule has 0 fully saturated rings. The Morgan fingerprint density at radius 2 is 1.96 bits per heavy atom. The summed E-state index contributed by atoms with van der Waals surface area (Å²) in [5, 5.41) is 4.86. The Morgan fingerprint density at radius 1 is 1.24 bits per heavy atom. The molecule has 0 aliphatic rings. The number of methoxy groups -OCH3 is 1. The van der Waals surface area contributed by atoms with E-state index in [4.69, 9.17) is 16.3 Å². The summed E-state index contributed by atoms with van der Waals surface area (Å²) in [4.78, 5) is 14.4. The summed E-state index contributed by atoms with van der Waals surface area (Å²) in [5.74, 6) is 0.0877. The highest BCUT2D eigenvalue weighted by atomic mass is 79.9. The number of carbonyl (C=O) groups excluding carboxylic acids is 1. The molecule has 0 radical (unpaired) electrons. The van der Waals surface area contributed by atoms with Crippen molar-refractivity contribution in [2.45, 2.75) is 0 Å². The number of benzene rings is 2. The molecule has 3 rings (SSSR count). The molecule has 0 spiro atoms. The minimum Gasteiger partial charge on any atom is -0.493 e. The Labute approximate surface area is 158 Å². The third-order valence-corrected chi connectivity index (χ3v) is 4.50. The van der Waals surface area contributed by atoms with Crippen LogP contribution in [0.1, 0.15) is 10.5 Å². The topological polar surface area (TPSA) is 47.4 Å². The molecule has 0 bridgehead atoms. The molecule has 2 aromatic carbocycles. The van der Waals surface area contributed by atoms with Gasteiger partial charge in [-0.05, 0) is 30.3 Å². The molecule has 7 heteroatoms. The van der Waals surface area contributed by atoms with Crippen molar-refractivity contribution in [3.63, 3.8) is 0 Å². The van der Waals surface area contributed by atoms with Gasteiger partial charge in [0.05, 0.1) is 29.7 Å². The molecule has 0 N–H and O–H groups in total. The van der Waals surface area contributed by atoms with E-state index in [1.165, 1.54) is 12.0 Å². The molecular formula is C18H15BrClN3O2. The number of nitrogens with zero attached hydrogens (tertiary/aromatic N) is 3. The molecule has 3 aromatic rings. The van der Waals surface area contributed by atoms with Crippen LogP contribution in [-0.4, -0.2) is 29.8 Å². The summed E-state index contributed by atoms with van der Waals surface area (Å²) >= 11 is 9.61. The molecule has 0 saturated heterocycles. The standard InChI is InChI=1S/C18H15BrClN3O2/c1-22(15-9-8-12(19)10-14(15)20)18(24)17-16(25-2)11-23(21-17)13-6-4-3-5-7-13/h3-11H,1-2H3. The van der Waals surface area contributed by atoms with Crippen molar-refractivity contribution in [3.05, 3.63) is 69.9 Å². The molecule has 0 aliphatic carbocycles. The number of halogens is 2. The van der Waals surface area contributed by atoms with E-state index >= 15 is 0 Å². The van der Waals surface area contributed by atoms with Crippen LogP contribution in [0.15, 0.2) is 59.2 Å². The fourth-order valence-electron chi connectivity index (χ4n) is 2.39. The number of rotatable bonds is 4. The lowest BCUT2D eigenvalue weighted by atomic mass is 10.2. The number of anilines is 1. The van der Waals surface area contributed by atoms with E-state index in [9.17, 15) is 4.79 Å². The molecule has 0 aliphatic heterocycles. The van der Waals surface area contributed by atoms with E-state index in [-0.39, 0.29) is 11.6 Å². The van der Waals surface area contributed by atoms with Crippen LogP contribution in [0.3, 0.4) is 0 Å². The second-order valence-corrected chi connectivity index (χ2v) is 6.61. The minimum absolute atomic E-state index is 0.216. The quantitative estimate of drug-likeness (QED) is 0.621. The second-order valence-electron chi connectivity index (χ2n) is 5.29. The highest BCUT2D eigenvalue weighted by molar-refractivity contribution is 9.10. The Balaban J connectivity index is 1.97. The lowest BCUT2D eigenvalue weighted by Crippen LogP contribution is -2.27. The predicted octanol–water partition coefficient (Wildman–Crippen LogP) is 4.57. The Bertz CT molecular complexity index is 912. The molecule has 1 aromatic heterocycles. The van der Waals surface area contributed by atoms with E-state index in [0.717, 1.165) is 10.2 Å². The summed E-state index contributed by atoms with van der Waals surface area (Å²) in [5.41, 5.74) is 1.64. The number of aromatic nitrogens is 2. The maximum atomic E-state index is 12.9. The molecule has 5 nitrogen and oxygen atoms in total. The lowest BCUT2D eigenvalue weighted by molar-refractivity contribution is 0.0985. The molecule has 0 atom stereocenters. The van der Waals surface area contributed by atoms with E-state index in [1.807, 2.05) is 36.4 Å². The monoisotopic (exact) mass is 419 g/mol. The van der Waals surface area contributed by atoms with Gasteiger partial charge in [-0.1, -0.05) is 45.7 Å². The van der Waals surface area contributed by atoms with Gasteiger partial charge < -0.3 is 9.64 Å². The van der Waals surface area contributed by atoms with Crippen molar-refractivity contribution >= 4 is 39.1 Å². The largest absolute Gasteiger partial charge is 0.493 e. The van der Waals surface area contributed by atoms with Gasteiger partial charge in [0.1, 0.15) is 0 Å². The highest BCUT2D eigenvalue weighted by Gasteiger charge is 2.24. The van der Waals surface area contributed by atoms with Gasteiger partial charge in [0.2, 0.25) is 0 Å². The normalized spacial score (nSPS) is 10.6. The van der Waals surface area contributed by atoms with Crippen molar-refractivity contribution in [3.8, 4) is 11.4 Å². The smallest absolute Gasteiger partial charge is 0.282 e. The first-order valence-electron chi connectivity index (χ1n) is 7.43. The maximum Gasteiger partial charge on any atom is 0.282 e. The van der Waals surface area contributed by atoms with Crippen LogP contribution in [-0.2, 0) is 0 Å². The summed E-state index contributed by atoms with van der Waals surface area (Å²) in [6.07, 6.45) is 1.68. The van der Waals surface area contributed by atoms with Crippen molar-refractivity contribution in [2.24, 2.45) is 0 Å². The second kappa shape index (κ2) is 7.29. The van der Waals surface area contributed by atoms with Crippen molar-refractivity contribution in [1.29, 1.82) is 0 Å². The van der Waals surface area contributed by atoms with E-state index in [2.05, 4.69) is 21.0 Å². The predicted molar refractivity (Wildman–Crippen MR) is 102 cm³/mol. The van der Waals surface area contributed by atoms with E-state index in [0.29, 0.717) is 16.5 Å². The van der Waals surface area contributed by atoms with Crippen LogP contribution < -0.4 is 9.64 Å². The minimum atomic E-state index is -0.309. The molecule has 0 saturated carbocycles. The summed E-state index contributed by atoms with van der Waals surface area (Å²) in [7, 11) is 3.16. The highest BCUT2D eigenvalue weighted by Crippen LogP contribution is 2.30. The first kappa shape index (κ1) is 17.5. The number of hydrogen-bond donors (Lipinski definition) is 0. The molecule has 1 heterocycles. The third-order valence-electron chi connectivity index (χ3n) is 3.70. The Morgan fingerprint density at radius 3 is 2.60 bits per heavy atom. The van der Waals surface area contributed by atoms with Crippen LogP contribution in [0.2, 0.25) is 5.02 Å². The Kier molecular flexibility index (Phi) is 5.11. The van der Waals surface area contributed by atoms with Gasteiger partial charge in [-0.25, -0.2) is 4.68 Å². The fourth-order valence-corrected chi connectivity index (χ4v) is 3.19. The van der Waals surface area contributed by atoms with Gasteiger partial charge in [0.15, 0.2) is 11.4 Å². The molecular weight excluding hydrogens is 406 g/mol.